The van der Waals surface area contributed by atoms with Crippen LogP contribution in [0, 0.1) is 5.41 Å². The molecule has 1 unspecified atom stereocenters. The second-order valence-electron chi connectivity index (χ2n) is 8.14. The Kier molecular flexibility index (Phi) is 7.45. The topological polar surface area (TPSA) is 83.3 Å². The Morgan fingerprint density at radius 2 is 2.18 bits per heavy atom. The van der Waals surface area contributed by atoms with Gasteiger partial charge in [0.15, 0.2) is 5.82 Å². The smallest absolute Gasteiger partial charge is 0.259 e. The zero-order chi connectivity index (χ0) is 19.6. The first-order valence-corrected chi connectivity index (χ1v) is 9.45. The summed E-state index contributed by atoms with van der Waals surface area (Å²) in [5, 5.41) is 10.9. The number of aromatic nitrogens is 2. The van der Waals surface area contributed by atoms with Gasteiger partial charge in [0.05, 0.1) is 16.6 Å². The molecule has 1 fully saturated rings. The number of rotatable bonds is 4. The van der Waals surface area contributed by atoms with Crippen molar-refractivity contribution in [1.29, 1.82) is 0 Å². The van der Waals surface area contributed by atoms with E-state index in [0.29, 0.717) is 34.4 Å². The van der Waals surface area contributed by atoms with Crippen LogP contribution >= 0.6 is 24.0 Å². The number of piperazine rings is 1. The zero-order valence-electron chi connectivity index (χ0n) is 16.6. The third kappa shape index (κ3) is 5.67. The van der Waals surface area contributed by atoms with E-state index in [0.717, 1.165) is 19.6 Å². The lowest BCUT2D eigenvalue weighted by Crippen LogP contribution is -2.44. The van der Waals surface area contributed by atoms with Crippen molar-refractivity contribution in [3.05, 3.63) is 29.0 Å². The number of likely N-dealkylation sites (N-methyl/N-ethyl adjacent to an activating group) is 1. The number of amides is 1. The molecule has 28 heavy (non-hydrogen) atoms. The highest BCUT2D eigenvalue weighted by Gasteiger charge is 2.26. The molecule has 1 aliphatic rings. The SMILES string of the molecule is CN1CCNCC1c1noc(-c2cc(NC(=O)CC(C)(C)C)ccc2Cl)n1.Cl. The molecule has 0 saturated carbocycles. The van der Waals surface area contributed by atoms with Crippen molar-refractivity contribution in [2.75, 3.05) is 32.0 Å². The lowest BCUT2D eigenvalue weighted by atomic mass is 9.92. The standard InChI is InChI=1S/C19H26ClN5O2.ClH/c1-19(2,3)10-16(26)22-12-5-6-14(20)13(9-12)18-23-17(24-27-18)15-11-21-7-8-25(15)4;/h5-6,9,15,21H,7-8,10-11H2,1-4H3,(H,22,26);1H. The van der Waals surface area contributed by atoms with Crippen LogP contribution in [0.2, 0.25) is 5.02 Å². The molecule has 1 amide bonds. The maximum Gasteiger partial charge on any atom is 0.259 e. The van der Waals surface area contributed by atoms with Gasteiger partial charge in [0.25, 0.3) is 5.89 Å². The van der Waals surface area contributed by atoms with Crippen LogP contribution in [-0.4, -0.2) is 47.6 Å². The van der Waals surface area contributed by atoms with Gasteiger partial charge in [0.1, 0.15) is 0 Å². The number of nitrogens with zero attached hydrogens (tertiary/aromatic N) is 3. The molecule has 0 spiro atoms. The molecule has 0 radical (unpaired) electrons. The Hall–Kier alpha value is -1.67. The number of halogens is 2. The van der Waals surface area contributed by atoms with E-state index in [1.54, 1.807) is 18.2 Å². The van der Waals surface area contributed by atoms with Gasteiger partial charge in [-0.2, -0.15) is 4.98 Å². The maximum atomic E-state index is 12.2. The van der Waals surface area contributed by atoms with E-state index in [-0.39, 0.29) is 29.8 Å². The van der Waals surface area contributed by atoms with Crippen LogP contribution in [0.25, 0.3) is 11.5 Å². The number of hydrogen-bond acceptors (Lipinski definition) is 6. The first-order valence-electron chi connectivity index (χ1n) is 9.07. The summed E-state index contributed by atoms with van der Waals surface area (Å²) in [4.78, 5) is 18.9. The van der Waals surface area contributed by atoms with Crippen LogP contribution in [0.3, 0.4) is 0 Å². The normalized spacial score (nSPS) is 17.8. The first-order chi connectivity index (χ1) is 12.7. The molecule has 1 saturated heterocycles. The number of carbonyl (C=O) groups excluding carboxylic acids is 1. The molecule has 1 atom stereocenters. The highest BCUT2D eigenvalue weighted by atomic mass is 35.5. The molecule has 0 bridgehead atoms. The van der Waals surface area contributed by atoms with Crippen molar-refractivity contribution >= 4 is 35.6 Å². The molecule has 2 heterocycles. The van der Waals surface area contributed by atoms with Crippen molar-refractivity contribution in [2.45, 2.75) is 33.2 Å². The van der Waals surface area contributed by atoms with E-state index in [1.807, 2.05) is 27.8 Å². The second kappa shape index (κ2) is 9.22. The Morgan fingerprint density at radius 3 is 2.86 bits per heavy atom. The average Bonchev–Trinajstić information content (AvgIpc) is 3.05. The van der Waals surface area contributed by atoms with Gasteiger partial charge in [0, 0.05) is 31.7 Å². The molecule has 154 valence electrons. The van der Waals surface area contributed by atoms with Gasteiger partial charge in [-0.25, -0.2) is 0 Å². The van der Waals surface area contributed by atoms with Gasteiger partial charge >= 0.3 is 0 Å². The zero-order valence-corrected chi connectivity index (χ0v) is 18.2. The van der Waals surface area contributed by atoms with Crippen molar-refractivity contribution in [1.82, 2.24) is 20.4 Å². The van der Waals surface area contributed by atoms with Gasteiger partial charge in [-0.05, 0) is 30.7 Å². The Morgan fingerprint density at radius 1 is 1.43 bits per heavy atom. The Bertz CT molecular complexity index is 819. The average molecular weight is 428 g/mol. The third-order valence-corrected chi connectivity index (χ3v) is 4.75. The number of nitrogens with one attached hydrogen (secondary N) is 2. The molecular weight excluding hydrogens is 401 g/mol. The van der Waals surface area contributed by atoms with Gasteiger partial charge in [-0.1, -0.05) is 37.5 Å². The van der Waals surface area contributed by atoms with Crippen LogP contribution < -0.4 is 10.6 Å². The highest BCUT2D eigenvalue weighted by molar-refractivity contribution is 6.33. The molecule has 3 rings (SSSR count). The quantitative estimate of drug-likeness (QED) is 0.772. The van der Waals surface area contributed by atoms with Crippen LogP contribution in [0.15, 0.2) is 22.7 Å². The largest absolute Gasteiger partial charge is 0.334 e. The van der Waals surface area contributed by atoms with E-state index >= 15 is 0 Å². The summed E-state index contributed by atoms with van der Waals surface area (Å²) in [6.45, 7) is 8.71. The number of benzene rings is 1. The summed E-state index contributed by atoms with van der Waals surface area (Å²) in [7, 11) is 2.04. The monoisotopic (exact) mass is 427 g/mol. The summed E-state index contributed by atoms with van der Waals surface area (Å²) in [6, 6.07) is 5.32. The minimum absolute atomic E-state index is 0. The van der Waals surface area contributed by atoms with Crippen molar-refractivity contribution in [3.63, 3.8) is 0 Å². The molecule has 0 aliphatic carbocycles. The van der Waals surface area contributed by atoms with E-state index in [1.165, 1.54) is 0 Å². The van der Waals surface area contributed by atoms with E-state index in [4.69, 9.17) is 16.1 Å². The van der Waals surface area contributed by atoms with E-state index in [9.17, 15) is 4.79 Å². The summed E-state index contributed by atoms with van der Waals surface area (Å²) in [5.41, 5.74) is 1.18. The predicted molar refractivity (Wildman–Crippen MR) is 113 cm³/mol. The molecule has 2 aromatic rings. The van der Waals surface area contributed by atoms with Crippen LogP contribution in [0.5, 0.6) is 0 Å². The van der Waals surface area contributed by atoms with Crippen LogP contribution in [0.4, 0.5) is 5.69 Å². The third-order valence-electron chi connectivity index (χ3n) is 4.42. The molecule has 9 heteroatoms. The number of anilines is 1. The number of hydrogen-bond donors (Lipinski definition) is 2. The fourth-order valence-corrected chi connectivity index (χ4v) is 3.23. The highest BCUT2D eigenvalue weighted by Crippen LogP contribution is 2.31. The van der Waals surface area contributed by atoms with Gasteiger partial charge in [-0.15, -0.1) is 12.4 Å². The Labute approximate surface area is 176 Å². The molecule has 1 aromatic heterocycles. The minimum atomic E-state index is -0.0826. The first kappa shape index (κ1) is 22.6. The molecule has 7 nitrogen and oxygen atoms in total. The van der Waals surface area contributed by atoms with Crippen LogP contribution in [-0.2, 0) is 4.79 Å². The molecule has 1 aromatic carbocycles. The second-order valence-corrected chi connectivity index (χ2v) is 8.55. The minimum Gasteiger partial charge on any atom is -0.334 e. The molecule has 1 aliphatic heterocycles. The molecular formula is C19H27Cl2N5O2. The van der Waals surface area contributed by atoms with Crippen LogP contribution in [0.1, 0.15) is 39.1 Å². The summed E-state index contributed by atoms with van der Waals surface area (Å²) >= 11 is 6.33. The van der Waals surface area contributed by atoms with E-state index < -0.39 is 0 Å². The fraction of sp³-hybridized carbons (Fsp3) is 0.526. The van der Waals surface area contributed by atoms with Gasteiger partial charge < -0.3 is 15.2 Å². The van der Waals surface area contributed by atoms with Gasteiger partial charge in [0.2, 0.25) is 5.91 Å². The van der Waals surface area contributed by atoms with E-state index in [2.05, 4.69) is 25.7 Å². The predicted octanol–water partition coefficient (Wildman–Crippen LogP) is 3.76. The van der Waals surface area contributed by atoms with Crippen molar-refractivity contribution < 1.29 is 9.32 Å². The van der Waals surface area contributed by atoms with Crippen molar-refractivity contribution in [2.24, 2.45) is 5.41 Å². The summed E-state index contributed by atoms with van der Waals surface area (Å²) in [6.07, 6.45) is 0.427. The lowest BCUT2D eigenvalue weighted by Gasteiger charge is -2.30. The molecule has 2 N–H and O–H groups in total. The number of carbonyl (C=O) groups is 1. The Balaban J connectivity index is 0.00000280. The summed E-state index contributed by atoms with van der Waals surface area (Å²) in [5.74, 6) is 0.927. The van der Waals surface area contributed by atoms with Gasteiger partial charge in [-0.3, -0.25) is 9.69 Å². The van der Waals surface area contributed by atoms with Crippen molar-refractivity contribution in [3.8, 4) is 11.5 Å². The maximum absolute atomic E-state index is 12.2. The fourth-order valence-electron chi connectivity index (χ4n) is 3.03. The summed E-state index contributed by atoms with van der Waals surface area (Å²) < 4.78 is 5.46. The lowest BCUT2D eigenvalue weighted by molar-refractivity contribution is -0.117.